The van der Waals surface area contributed by atoms with E-state index in [1.807, 2.05) is 34.4 Å². The molecule has 0 atom stereocenters. The van der Waals surface area contributed by atoms with Crippen molar-refractivity contribution in [1.82, 2.24) is 29.6 Å². The summed E-state index contributed by atoms with van der Waals surface area (Å²) in [5, 5.41) is 18.8. The molecule has 7 heteroatoms. The molecule has 0 saturated carbocycles. The molecule has 0 saturated heterocycles. The Labute approximate surface area is 143 Å². The molecule has 0 fully saturated rings. The second-order valence-electron chi connectivity index (χ2n) is 6.11. The molecule has 0 unspecified atom stereocenters. The van der Waals surface area contributed by atoms with Crippen LogP contribution in [0.1, 0.15) is 36.8 Å². The van der Waals surface area contributed by atoms with Gasteiger partial charge in [0, 0.05) is 13.5 Å². The molecule has 0 bridgehead atoms. The van der Waals surface area contributed by atoms with E-state index in [9.17, 15) is 0 Å². The van der Waals surface area contributed by atoms with Crippen molar-refractivity contribution in [2.75, 3.05) is 0 Å². The summed E-state index contributed by atoms with van der Waals surface area (Å²) in [6, 6.07) is 12.4. The van der Waals surface area contributed by atoms with E-state index in [2.05, 4.69) is 47.3 Å². The Hall–Kier alpha value is -2.54. The Morgan fingerprint density at radius 2 is 1.88 bits per heavy atom. The van der Waals surface area contributed by atoms with Crippen molar-refractivity contribution in [3.05, 3.63) is 53.5 Å². The van der Waals surface area contributed by atoms with Crippen LogP contribution < -0.4 is 0 Å². The summed E-state index contributed by atoms with van der Waals surface area (Å²) in [6.45, 7) is 4.28. The second kappa shape index (κ2) is 5.83. The third kappa shape index (κ3) is 2.60. The molecule has 24 heavy (non-hydrogen) atoms. The molecular weight excluding hydrogens is 320 g/mol. The molecule has 122 valence electrons. The molecule has 1 aromatic carbocycles. The number of benzene rings is 1. The Balaban J connectivity index is 1.72. The molecule has 3 aromatic heterocycles. The van der Waals surface area contributed by atoms with Crippen molar-refractivity contribution in [2.24, 2.45) is 7.05 Å². The first-order valence-electron chi connectivity index (χ1n) is 7.91. The summed E-state index contributed by atoms with van der Waals surface area (Å²) >= 11 is 1.54. The van der Waals surface area contributed by atoms with Gasteiger partial charge in [0.2, 0.25) is 4.96 Å². The minimum atomic E-state index is 0.393. The number of fused-ring (bicyclic) bond motifs is 1. The van der Waals surface area contributed by atoms with Gasteiger partial charge in [0.1, 0.15) is 0 Å². The largest absolute Gasteiger partial charge is 0.265 e. The van der Waals surface area contributed by atoms with Gasteiger partial charge in [-0.3, -0.25) is 4.68 Å². The fraction of sp³-hybridized carbons (Fsp3) is 0.294. The maximum atomic E-state index is 4.72. The number of hydrogen-bond acceptors (Lipinski definition) is 5. The standard InChI is InChI=1S/C17H18N6S/c1-11(2)13-10-14(22(3)20-13)16-21-23-15(18-19-17(23)24-16)9-12-7-5-4-6-8-12/h4-8,10-11H,9H2,1-3H3. The highest BCUT2D eigenvalue weighted by atomic mass is 32.1. The third-order valence-electron chi connectivity index (χ3n) is 3.97. The van der Waals surface area contributed by atoms with E-state index in [0.717, 1.165) is 27.2 Å². The smallest absolute Gasteiger partial charge is 0.235 e. The highest BCUT2D eigenvalue weighted by Crippen LogP contribution is 2.27. The van der Waals surface area contributed by atoms with E-state index in [-0.39, 0.29) is 0 Å². The van der Waals surface area contributed by atoms with E-state index in [1.54, 1.807) is 0 Å². The molecule has 4 rings (SSSR count). The topological polar surface area (TPSA) is 60.9 Å². The summed E-state index contributed by atoms with van der Waals surface area (Å²) in [4.78, 5) is 0.809. The first-order chi connectivity index (χ1) is 11.6. The van der Waals surface area contributed by atoms with Crippen LogP contribution >= 0.6 is 11.3 Å². The second-order valence-corrected chi connectivity index (χ2v) is 7.07. The third-order valence-corrected chi connectivity index (χ3v) is 4.89. The molecule has 0 amide bonds. The summed E-state index contributed by atoms with van der Waals surface area (Å²) in [5.74, 6) is 1.24. The average Bonchev–Trinajstić information content (AvgIpc) is 3.23. The minimum Gasteiger partial charge on any atom is -0.265 e. The molecule has 0 aliphatic heterocycles. The van der Waals surface area contributed by atoms with E-state index >= 15 is 0 Å². The highest BCUT2D eigenvalue weighted by molar-refractivity contribution is 7.19. The van der Waals surface area contributed by atoms with E-state index < -0.39 is 0 Å². The quantitative estimate of drug-likeness (QED) is 0.573. The lowest BCUT2D eigenvalue weighted by Crippen LogP contribution is -1.99. The fourth-order valence-electron chi connectivity index (χ4n) is 2.62. The lowest BCUT2D eigenvalue weighted by atomic mass is 10.1. The first kappa shape index (κ1) is 15.0. The predicted molar refractivity (Wildman–Crippen MR) is 94.2 cm³/mol. The molecular formula is C17H18N6S. The summed E-state index contributed by atoms with van der Waals surface area (Å²) < 4.78 is 3.73. The molecule has 0 spiro atoms. The van der Waals surface area contributed by atoms with Crippen molar-refractivity contribution in [2.45, 2.75) is 26.2 Å². The van der Waals surface area contributed by atoms with Gasteiger partial charge in [0.25, 0.3) is 0 Å². The lowest BCUT2D eigenvalue weighted by molar-refractivity contribution is 0.715. The number of aryl methyl sites for hydroxylation is 1. The van der Waals surface area contributed by atoms with Gasteiger partial charge < -0.3 is 0 Å². The van der Waals surface area contributed by atoms with Gasteiger partial charge in [-0.25, -0.2) is 0 Å². The van der Waals surface area contributed by atoms with Crippen LogP contribution in [0.5, 0.6) is 0 Å². The van der Waals surface area contributed by atoms with E-state index in [4.69, 9.17) is 5.10 Å². The van der Waals surface area contributed by atoms with Gasteiger partial charge in [0.15, 0.2) is 10.8 Å². The van der Waals surface area contributed by atoms with Crippen LogP contribution in [0.4, 0.5) is 0 Å². The number of rotatable bonds is 4. The summed E-state index contributed by atoms with van der Waals surface area (Å²) in [5.41, 5.74) is 3.28. The molecule has 3 heterocycles. The molecule has 0 N–H and O–H groups in total. The first-order valence-corrected chi connectivity index (χ1v) is 8.73. The molecule has 0 radical (unpaired) electrons. The number of hydrogen-bond donors (Lipinski definition) is 0. The maximum Gasteiger partial charge on any atom is 0.235 e. The normalized spacial score (nSPS) is 11.7. The summed E-state index contributed by atoms with van der Waals surface area (Å²) in [6.07, 6.45) is 0.716. The van der Waals surface area contributed by atoms with Crippen LogP contribution in [-0.4, -0.2) is 29.6 Å². The zero-order chi connectivity index (χ0) is 16.7. The minimum absolute atomic E-state index is 0.393. The molecule has 4 aromatic rings. The van der Waals surface area contributed by atoms with Gasteiger partial charge in [-0.1, -0.05) is 55.5 Å². The highest BCUT2D eigenvalue weighted by Gasteiger charge is 2.17. The fourth-order valence-corrected chi connectivity index (χ4v) is 3.53. The van der Waals surface area contributed by atoms with Crippen LogP contribution in [0, 0.1) is 0 Å². The van der Waals surface area contributed by atoms with Crippen molar-refractivity contribution in [3.63, 3.8) is 0 Å². The van der Waals surface area contributed by atoms with Gasteiger partial charge in [0.05, 0.1) is 11.4 Å². The Morgan fingerprint density at radius 1 is 1.08 bits per heavy atom. The van der Waals surface area contributed by atoms with Gasteiger partial charge in [-0.05, 0) is 17.5 Å². The van der Waals surface area contributed by atoms with Crippen molar-refractivity contribution >= 4 is 16.3 Å². The maximum absolute atomic E-state index is 4.72. The van der Waals surface area contributed by atoms with Crippen molar-refractivity contribution in [1.29, 1.82) is 0 Å². The van der Waals surface area contributed by atoms with E-state index in [0.29, 0.717) is 12.3 Å². The van der Waals surface area contributed by atoms with Crippen molar-refractivity contribution < 1.29 is 0 Å². The van der Waals surface area contributed by atoms with Crippen molar-refractivity contribution in [3.8, 4) is 10.7 Å². The van der Waals surface area contributed by atoms with Gasteiger partial charge in [-0.2, -0.15) is 14.7 Å². The molecule has 0 aliphatic rings. The SMILES string of the molecule is CC(C)c1cc(-c2nn3c(Cc4ccccc4)nnc3s2)n(C)n1. The lowest BCUT2D eigenvalue weighted by Gasteiger charge is -1.98. The zero-order valence-corrected chi connectivity index (χ0v) is 14.7. The monoisotopic (exact) mass is 338 g/mol. The molecule has 0 aliphatic carbocycles. The van der Waals surface area contributed by atoms with Crippen LogP contribution in [0.25, 0.3) is 15.7 Å². The van der Waals surface area contributed by atoms with E-state index in [1.165, 1.54) is 16.9 Å². The number of nitrogens with zero attached hydrogens (tertiary/aromatic N) is 6. The Kier molecular flexibility index (Phi) is 3.65. The zero-order valence-electron chi connectivity index (χ0n) is 13.8. The van der Waals surface area contributed by atoms with Crippen LogP contribution in [0.15, 0.2) is 36.4 Å². The average molecular weight is 338 g/mol. The Bertz CT molecular complexity index is 979. The summed E-state index contributed by atoms with van der Waals surface area (Å²) in [7, 11) is 1.95. The Morgan fingerprint density at radius 3 is 2.58 bits per heavy atom. The van der Waals surface area contributed by atoms with Gasteiger partial charge in [-0.15, -0.1) is 10.2 Å². The number of aromatic nitrogens is 6. The van der Waals surface area contributed by atoms with Crippen LogP contribution in [0.3, 0.4) is 0 Å². The molecule has 6 nitrogen and oxygen atoms in total. The van der Waals surface area contributed by atoms with Crippen LogP contribution in [0.2, 0.25) is 0 Å². The van der Waals surface area contributed by atoms with Crippen LogP contribution in [-0.2, 0) is 13.5 Å². The van der Waals surface area contributed by atoms with Gasteiger partial charge >= 0.3 is 0 Å². The predicted octanol–water partition coefficient (Wildman–Crippen LogP) is 3.30.